The van der Waals surface area contributed by atoms with Gasteiger partial charge in [-0.1, -0.05) is 17.7 Å². The van der Waals surface area contributed by atoms with Crippen molar-refractivity contribution >= 4 is 5.97 Å². The highest BCUT2D eigenvalue weighted by atomic mass is 16.4. The molecule has 1 rings (SSSR count). The minimum absolute atomic E-state index is 0.450. The largest absolute Gasteiger partial charge is 0.478 e. The van der Waals surface area contributed by atoms with Gasteiger partial charge >= 0.3 is 5.97 Å². The highest BCUT2D eigenvalue weighted by Gasteiger charge is 2.03. The predicted octanol–water partition coefficient (Wildman–Crippen LogP) is 2.91. The molecule has 0 aromatic carbocycles. The Morgan fingerprint density at radius 1 is 1.62 bits per heavy atom. The van der Waals surface area contributed by atoms with Gasteiger partial charge in [0.2, 0.25) is 0 Å². The molecular formula is C11H16O2. The molecule has 0 amide bonds. The van der Waals surface area contributed by atoms with Crippen molar-refractivity contribution in [1.29, 1.82) is 0 Å². The van der Waals surface area contributed by atoms with Crippen LogP contribution in [0, 0.1) is 0 Å². The van der Waals surface area contributed by atoms with E-state index in [9.17, 15) is 4.79 Å². The van der Waals surface area contributed by atoms with Crippen LogP contribution < -0.4 is 0 Å². The molecule has 2 nitrogen and oxygen atoms in total. The van der Waals surface area contributed by atoms with Crippen LogP contribution in [-0.2, 0) is 4.79 Å². The van der Waals surface area contributed by atoms with Gasteiger partial charge in [0, 0.05) is 5.57 Å². The van der Waals surface area contributed by atoms with E-state index in [1.165, 1.54) is 18.4 Å². The van der Waals surface area contributed by atoms with E-state index in [1.807, 2.05) is 0 Å². The monoisotopic (exact) mass is 180 g/mol. The predicted molar refractivity (Wildman–Crippen MR) is 52.6 cm³/mol. The summed E-state index contributed by atoms with van der Waals surface area (Å²) in [4.78, 5) is 10.5. The summed E-state index contributed by atoms with van der Waals surface area (Å²) in [7, 11) is 0. The van der Waals surface area contributed by atoms with Crippen LogP contribution in [0.2, 0.25) is 0 Å². The molecule has 0 aromatic heterocycles. The standard InChI is InChI=1S/C11H16O2/c1-9(11(12)13)7-8-10-5-3-2-4-6-10/h5,7H,2-4,6,8H2,1H3,(H,12,13). The lowest BCUT2D eigenvalue weighted by Gasteiger charge is -2.10. The Hall–Kier alpha value is -1.05. The third kappa shape index (κ3) is 3.45. The first-order valence-electron chi connectivity index (χ1n) is 4.78. The number of rotatable bonds is 3. The Morgan fingerprint density at radius 3 is 2.92 bits per heavy atom. The molecule has 0 saturated heterocycles. The van der Waals surface area contributed by atoms with Crippen LogP contribution in [0.25, 0.3) is 0 Å². The Kier molecular flexibility index (Phi) is 3.74. The first-order valence-corrected chi connectivity index (χ1v) is 4.78. The molecule has 0 spiro atoms. The summed E-state index contributed by atoms with van der Waals surface area (Å²) in [5.41, 5.74) is 1.85. The smallest absolute Gasteiger partial charge is 0.330 e. The van der Waals surface area contributed by atoms with Gasteiger partial charge in [-0.2, -0.15) is 0 Å². The molecule has 13 heavy (non-hydrogen) atoms. The number of carboxylic acid groups (broad SMARTS) is 1. The molecule has 1 N–H and O–H groups in total. The van der Waals surface area contributed by atoms with Crippen molar-refractivity contribution in [2.45, 2.75) is 39.0 Å². The number of carbonyl (C=O) groups is 1. The maximum absolute atomic E-state index is 10.5. The van der Waals surface area contributed by atoms with Crippen LogP contribution in [0.3, 0.4) is 0 Å². The van der Waals surface area contributed by atoms with Gasteiger partial charge in [0.1, 0.15) is 0 Å². The number of aliphatic carboxylic acids is 1. The summed E-state index contributed by atoms with van der Waals surface area (Å²) in [6, 6.07) is 0. The Labute approximate surface area is 79.0 Å². The van der Waals surface area contributed by atoms with Gasteiger partial charge in [-0.15, -0.1) is 0 Å². The van der Waals surface area contributed by atoms with Crippen molar-refractivity contribution in [3.05, 3.63) is 23.3 Å². The number of allylic oxidation sites excluding steroid dienone is 3. The summed E-state index contributed by atoms with van der Waals surface area (Å²) in [6.07, 6.45) is 9.71. The van der Waals surface area contributed by atoms with Gasteiger partial charge < -0.3 is 5.11 Å². The lowest BCUT2D eigenvalue weighted by molar-refractivity contribution is -0.132. The zero-order chi connectivity index (χ0) is 9.68. The van der Waals surface area contributed by atoms with E-state index in [1.54, 1.807) is 13.0 Å². The van der Waals surface area contributed by atoms with Gasteiger partial charge in [0.25, 0.3) is 0 Å². The van der Waals surface area contributed by atoms with Crippen molar-refractivity contribution in [3.63, 3.8) is 0 Å². The van der Waals surface area contributed by atoms with Crippen LogP contribution in [0.15, 0.2) is 23.3 Å². The second-order valence-corrected chi connectivity index (χ2v) is 3.50. The Morgan fingerprint density at radius 2 is 2.38 bits per heavy atom. The van der Waals surface area contributed by atoms with Crippen LogP contribution >= 0.6 is 0 Å². The lowest BCUT2D eigenvalue weighted by Crippen LogP contribution is -1.97. The fraction of sp³-hybridized carbons (Fsp3) is 0.545. The van der Waals surface area contributed by atoms with E-state index in [2.05, 4.69) is 6.08 Å². The quantitative estimate of drug-likeness (QED) is 0.535. The molecule has 0 aliphatic heterocycles. The third-order valence-electron chi connectivity index (χ3n) is 2.39. The first-order chi connectivity index (χ1) is 6.20. The first kappa shape index (κ1) is 10.0. The molecule has 1 aliphatic carbocycles. The minimum atomic E-state index is -0.809. The van der Waals surface area contributed by atoms with Crippen LogP contribution in [0.1, 0.15) is 39.0 Å². The van der Waals surface area contributed by atoms with E-state index in [0.717, 1.165) is 19.3 Å². The van der Waals surface area contributed by atoms with Gasteiger partial charge in [0.15, 0.2) is 0 Å². The number of carboxylic acids is 1. The van der Waals surface area contributed by atoms with Gasteiger partial charge in [0.05, 0.1) is 0 Å². The van der Waals surface area contributed by atoms with Crippen LogP contribution in [0.4, 0.5) is 0 Å². The van der Waals surface area contributed by atoms with Gasteiger partial charge in [-0.25, -0.2) is 4.79 Å². The topological polar surface area (TPSA) is 37.3 Å². The van der Waals surface area contributed by atoms with E-state index in [-0.39, 0.29) is 0 Å². The van der Waals surface area contributed by atoms with Crippen molar-refractivity contribution in [3.8, 4) is 0 Å². The Balaban J connectivity index is 2.45. The molecule has 0 unspecified atom stereocenters. The average Bonchev–Trinajstić information content (AvgIpc) is 2.15. The summed E-state index contributed by atoms with van der Waals surface area (Å²) in [6.45, 7) is 1.64. The molecule has 0 bridgehead atoms. The number of hydrogen-bond donors (Lipinski definition) is 1. The summed E-state index contributed by atoms with van der Waals surface area (Å²) in [5, 5.41) is 8.62. The van der Waals surface area contributed by atoms with Gasteiger partial charge in [-0.3, -0.25) is 0 Å². The molecule has 2 heteroatoms. The Bertz CT molecular complexity index is 249. The molecular weight excluding hydrogens is 164 g/mol. The zero-order valence-electron chi connectivity index (χ0n) is 8.05. The van der Waals surface area contributed by atoms with Gasteiger partial charge in [-0.05, 0) is 39.0 Å². The summed E-state index contributed by atoms with van der Waals surface area (Å²) < 4.78 is 0. The third-order valence-corrected chi connectivity index (χ3v) is 2.39. The molecule has 0 radical (unpaired) electrons. The number of hydrogen-bond acceptors (Lipinski definition) is 1. The highest BCUT2D eigenvalue weighted by Crippen LogP contribution is 2.20. The van der Waals surface area contributed by atoms with E-state index in [4.69, 9.17) is 5.11 Å². The maximum Gasteiger partial charge on any atom is 0.330 e. The maximum atomic E-state index is 10.5. The molecule has 0 heterocycles. The fourth-order valence-corrected chi connectivity index (χ4v) is 1.46. The molecule has 0 fully saturated rings. The summed E-state index contributed by atoms with van der Waals surface area (Å²) in [5.74, 6) is -0.809. The van der Waals surface area contributed by atoms with E-state index >= 15 is 0 Å². The van der Waals surface area contributed by atoms with Crippen molar-refractivity contribution < 1.29 is 9.90 Å². The molecule has 72 valence electrons. The van der Waals surface area contributed by atoms with Crippen LogP contribution in [-0.4, -0.2) is 11.1 Å². The van der Waals surface area contributed by atoms with Crippen LogP contribution in [0.5, 0.6) is 0 Å². The van der Waals surface area contributed by atoms with E-state index in [0.29, 0.717) is 5.57 Å². The highest BCUT2D eigenvalue weighted by molar-refractivity contribution is 5.85. The van der Waals surface area contributed by atoms with Crippen molar-refractivity contribution in [1.82, 2.24) is 0 Å². The van der Waals surface area contributed by atoms with Crippen molar-refractivity contribution in [2.24, 2.45) is 0 Å². The SMILES string of the molecule is CC(=CCC1=CCCCC1)C(=O)O. The van der Waals surface area contributed by atoms with E-state index < -0.39 is 5.97 Å². The molecule has 0 aromatic rings. The molecule has 0 saturated carbocycles. The minimum Gasteiger partial charge on any atom is -0.478 e. The fourth-order valence-electron chi connectivity index (χ4n) is 1.46. The lowest BCUT2D eigenvalue weighted by atomic mass is 9.96. The van der Waals surface area contributed by atoms with Crippen molar-refractivity contribution in [2.75, 3.05) is 0 Å². The normalized spacial score (nSPS) is 18.2. The second kappa shape index (κ2) is 4.85. The molecule has 0 atom stereocenters. The average molecular weight is 180 g/mol. The summed E-state index contributed by atoms with van der Waals surface area (Å²) >= 11 is 0. The molecule has 1 aliphatic rings. The second-order valence-electron chi connectivity index (χ2n) is 3.50. The zero-order valence-corrected chi connectivity index (χ0v) is 8.05.